The third kappa shape index (κ3) is 4.88. The molecule has 3 heterocycles. The smallest absolute Gasteiger partial charge is 0.308 e. The summed E-state index contributed by atoms with van der Waals surface area (Å²) >= 11 is 0. The second kappa shape index (κ2) is 9.87. The average molecular weight is 447 g/mol. The number of hydrogen-bond acceptors (Lipinski definition) is 7. The number of amides is 2. The van der Waals surface area contributed by atoms with Crippen LogP contribution in [0.25, 0.3) is 0 Å². The van der Waals surface area contributed by atoms with Gasteiger partial charge in [0.25, 0.3) is 5.91 Å². The highest BCUT2D eigenvalue weighted by atomic mass is 16.6. The van der Waals surface area contributed by atoms with E-state index in [0.29, 0.717) is 55.9 Å². The fourth-order valence-electron chi connectivity index (χ4n) is 4.58. The average Bonchev–Trinajstić information content (AvgIpc) is 2.82. The van der Waals surface area contributed by atoms with Crippen LogP contribution in [0.5, 0.6) is 5.75 Å². The molecule has 0 aromatic heterocycles. The van der Waals surface area contributed by atoms with Crippen molar-refractivity contribution in [2.75, 3.05) is 39.3 Å². The zero-order valence-corrected chi connectivity index (χ0v) is 18.5. The number of anilines is 1. The quantitative estimate of drug-likeness (QED) is 0.706. The predicted octanol–water partition coefficient (Wildman–Crippen LogP) is 2.00. The molecule has 0 saturated carbocycles. The van der Waals surface area contributed by atoms with Crippen LogP contribution in [-0.2, 0) is 23.8 Å². The standard InChI is InChI=1S/C23H30N2O7/c1-25-18-5-4-16(12-21(26)29-2)32-20(18)13-31-19-6-3-15(11-17(19)23(25)28)24-22(27)14-7-9-30-10-8-14/h3,6,11,14,16,18,20H,4-5,7-10,12-13H2,1-2H3,(H,24,27)/t16-,18-,20+/m1/s1. The first-order valence-electron chi connectivity index (χ1n) is 11.1. The molecule has 174 valence electrons. The molecule has 1 aromatic carbocycles. The van der Waals surface area contributed by atoms with Gasteiger partial charge >= 0.3 is 5.97 Å². The Morgan fingerprint density at radius 2 is 1.97 bits per heavy atom. The Kier molecular flexibility index (Phi) is 6.95. The maximum atomic E-state index is 13.3. The van der Waals surface area contributed by atoms with E-state index >= 15 is 0 Å². The highest BCUT2D eigenvalue weighted by Crippen LogP contribution is 2.32. The number of likely N-dealkylation sites (N-methyl/N-ethyl adjacent to an activating group) is 1. The van der Waals surface area contributed by atoms with E-state index in [1.165, 1.54) is 7.11 Å². The second-order valence-corrected chi connectivity index (χ2v) is 8.54. The van der Waals surface area contributed by atoms with Crippen LogP contribution in [-0.4, -0.2) is 74.9 Å². The normalized spacial score (nSPS) is 26.1. The predicted molar refractivity (Wildman–Crippen MR) is 115 cm³/mol. The molecule has 3 aliphatic heterocycles. The number of esters is 1. The number of carbonyl (C=O) groups excluding carboxylic acids is 3. The van der Waals surface area contributed by atoms with Gasteiger partial charge in [-0.1, -0.05) is 0 Å². The molecule has 2 amide bonds. The molecule has 32 heavy (non-hydrogen) atoms. The lowest BCUT2D eigenvalue weighted by Crippen LogP contribution is -2.53. The van der Waals surface area contributed by atoms with Crippen LogP contribution in [0.4, 0.5) is 5.69 Å². The fraction of sp³-hybridized carbons (Fsp3) is 0.609. The van der Waals surface area contributed by atoms with E-state index in [2.05, 4.69) is 5.32 Å². The number of benzene rings is 1. The summed E-state index contributed by atoms with van der Waals surface area (Å²) in [6, 6.07) is 4.96. The van der Waals surface area contributed by atoms with Gasteiger partial charge in [0.1, 0.15) is 18.5 Å². The van der Waals surface area contributed by atoms with E-state index < -0.39 is 0 Å². The molecule has 3 atom stereocenters. The van der Waals surface area contributed by atoms with Crippen LogP contribution in [0.3, 0.4) is 0 Å². The number of hydrogen-bond donors (Lipinski definition) is 1. The van der Waals surface area contributed by atoms with Gasteiger partial charge in [0, 0.05) is 31.9 Å². The number of ether oxygens (including phenoxy) is 4. The van der Waals surface area contributed by atoms with Gasteiger partial charge in [-0.2, -0.15) is 0 Å². The summed E-state index contributed by atoms with van der Waals surface area (Å²) < 4.78 is 22.1. The molecule has 9 nitrogen and oxygen atoms in total. The summed E-state index contributed by atoms with van der Waals surface area (Å²) in [7, 11) is 3.11. The van der Waals surface area contributed by atoms with E-state index in [1.54, 1.807) is 30.1 Å². The lowest BCUT2D eigenvalue weighted by atomic mass is 9.94. The molecule has 2 saturated heterocycles. The zero-order valence-electron chi connectivity index (χ0n) is 18.5. The maximum Gasteiger partial charge on any atom is 0.308 e. The van der Waals surface area contributed by atoms with Crippen molar-refractivity contribution in [1.29, 1.82) is 0 Å². The molecule has 9 heteroatoms. The van der Waals surface area contributed by atoms with Gasteiger partial charge in [-0.25, -0.2) is 0 Å². The third-order valence-corrected chi connectivity index (χ3v) is 6.49. The minimum Gasteiger partial charge on any atom is -0.490 e. The van der Waals surface area contributed by atoms with Gasteiger partial charge in [-0.3, -0.25) is 14.4 Å². The number of rotatable bonds is 4. The summed E-state index contributed by atoms with van der Waals surface area (Å²) in [6.07, 6.45) is 2.34. The first-order chi connectivity index (χ1) is 15.5. The van der Waals surface area contributed by atoms with Crippen LogP contribution < -0.4 is 10.1 Å². The Hall–Kier alpha value is -2.65. The van der Waals surface area contributed by atoms with Crippen molar-refractivity contribution < 1.29 is 33.3 Å². The van der Waals surface area contributed by atoms with Gasteiger partial charge in [0.15, 0.2) is 0 Å². The molecule has 1 N–H and O–H groups in total. The number of carbonyl (C=O) groups is 3. The molecule has 0 bridgehead atoms. The molecule has 0 radical (unpaired) electrons. The van der Waals surface area contributed by atoms with Crippen molar-refractivity contribution in [3.05, 3.63) is 23.8 Å². The summed E-state index contributed by atoms with van der Waals surface area (Å²) in [5.41, 5.74) is 0.980. The van der Waals surface area contributed by atoms with Crippen LogP contribution in [0.2, 0.25) is 0 Å². The number of methoxy groups -OCH3 is 1. The lowest BCUT2D eigenvalue weighted by molar-refractivity contribution is -0.151. The molecule has 0 aliphatic carbocycles. The molecular weight excluding hydrogens is 416 g/mol. The Bertz CT molecular complexity index is 868. The zero-order chi connectivity index (χ0) is 22.7. The van der Waals surface area contributed by atoms with Crippen molar-refractivity contribution in [3.8, 4) is 5.75 Å². The molecule has 0 spiro atoms. The Morgan fingerprint density at radius 1 is 1.19 bits per heavy atom. The van der Waals surface area contributed by atoms with Crippen molar-refractivity contribution in [2.24, 2.45) is 5.92 Å². The Balaban J connectivity index is 1.48. The summed E-state index contributed by atoms with van der Waals surface area (Å²) in [4.78, 5) is 39.2. The van der Waals surface area contributed by atoms with Gasteiger partial charge in [-0.05, 0) is 43.9 Å². The maximum absolute atomic E-state index is 13.3. The summed E-state index contributed by atoms with van der Waals surface area (Å²) in [5.74, 6) is -0.197. The number of nitrogens with one attached hydrogen (secondary N) is 1. The molecule has 1 aromatic rings. The first kappa shape index (κ1) is 22.5. The van der Waals surface area contributed by atoms with Crippen molar-refractivity contribution in [2.45, 2.75) is 50.4 Å². The Morgan fingerprint density at radius 3 is 2.72 bits per heavy atom. The van der Waals surface area contributed by atoms with Gasteiger partial charge in [0.05, 0.1) is 31.2 Å². The molecule has 0 unspecified atom stereocenters. The SMILES string of the molecule is COC(=O)C[C@H]1CC[C@@H]2[C@H](COc3ccc(NC(=O)C4CCOCC4)cc3C(=O)N2C)O1. The monoisotopic (exact) mass is 446 g/mol. The largest absolute Gasteiger partial charge is 0.490 e. The van der Waals surface area contributed by atoms with Crippen molar-refractivity contribution in [1.82, 2.24) is 4.90 Å². The van der Waals surface area contributed by atoms with Crippen LogP contribution >= 0.6 is 0 Å². The van der Waals surface area contributed by atoms with E-state index in [-0.39, 0.29) is 55.0 Å². The van der Waals surface area contributed by atoms with Crippen LogP contribution in [0.15, 0.2) is 18.2 Å². The van der Waals surface area contributed by atoms with Crippen LogP contribution in [0, 0.1) is 5.92 Å². The minimum absolute atomic E-state index is 0.0572. The number of nitrogens with zero attached hydrogens (tertiary/aromatic N) is 1. The van der Waals surface area contributed by atoms with Crippen LogP contribution in [0.1, 0.15) is 42.5 Å². The van der Waals surface area contributed by atoms with Gasteiger partial charge < -0.3 is 29.2 Å². The molecule has 2 fully saturated rings. The van der Waals surface area contributed by atoms with E-state index in [1.807, 2.05) is 0 Å². The fourth-order valence-corrected chi connectivity index (χ4v) is 4.58. The minimum atomic E-state index is -0.339. The van der Waals surface area contributed by atoms with Gasteiger partial charge in [0.2, 0.25) is 5.91 Å². The summed E-state index contributed by atoms with van der Waals surface area (Å²) in [5, 5.41) is 2.93. The lowest BCUT2D eigenvalue weighted by Gasteiger charge is -2.42. The summed E-state index contributed by atoms with van der Waals surface area (Å²) in [6.45, 7) is 1.44. The van der Waals surface area contributed by atoms with Crippen molar-refractivity contribution >= 4 is 23.5 Å². The van der Waals surface area contributed by atoms with E-state index in [4.69, 9.17) is 18.9 Å². The highest BCUT2D eigenvalue weighted by molar-refractivity contribution is 6.00. The topological polar surface area (TPSA) is 103 Å². The second-order valence-electron chi connectivity index (χ2n) is 8.54. The molecular formula is C23H30N2O7. The Labute approximate surface area is 187 Å². The number of fused-ring (bicyclic) bond motifs is 2. The van der Waals surface area contributed by atoms with Crippen molar-refractivity contribution in [3.63, 3.8) is 0 Å². The van der Waals surface area contributed by atoms with E-state index in [0.717, 1.165) is 0 Å². The third-order valence-electron chi connectivity index (χ3n) is 6.49. The molecule has 4 rings (SSSR count). The highest BCUT2D eigenvalue weighted by Gasteiger charge is 2.39. The van der Waals surface area contributed by atoms with Gasteiger partial charge in [-0.15, -0.1) is 0 Å². The first-order valence-corrected chi connectivity index (χ1v) is 11.1. The van der Waals surface area contributed by atoms with E-state index in [9.17, 15) is 14.4 Å². The molecule has 3 aliphatic rings.